The lowest BCUT2D eigenvalue weighted by molar-refractivity contribution is -0.114. The van der Waals surface area contributed by atoms with Crippen molar-refractivity contribution in [2.45, 2.75) is 6.92 Å². The summed E-state index contributed by atoms with van der Waals surface area (Å²) < 4.78 is 6.00. The van der Waals surface area contributed by atoms with Gasteiger partial charge in [0.25, 0.3) is 5.91 Å². The maximum Gasteiger partial charge on any atom is 0.257 e. The van der Waals surface area contributed by atoms with Crippen LogP contribution in [0, 0.1) is 3.57 Å². The van der Waals surface area contributed by atoms with E-state index in [1.165, 1.54) is 6.92 Å². The first-order valence-electron chi connectivity index (χ1n) is 7.22. The van der Waals surface area contributed by atoms with Gasteiger partial charge in [0.2, 0.25) is 5.91 Å². The molecule has 0 aliphatic carbocycles. The number of thiocarbonyl (C=S) groups is 1. The van der Waals surface area contributed by atoms with Gasteiger partial charge in [0.05, 0.1) is 10.7 Å². The van der Waals surface area contributed by atoms with Crippen molar-refractivity contribution in [3.05, 3.63) is 51.6 Å². The van der Waals surface area contributed by atoms with Gasteiger partial charge < -0.3 is 15.4 Å². The number of hydrogen-bond acceptors (Lipinski definition) is 4. The van der Waals surface area contributed by atoms with Crippen LogP contribution >= 0.6 is 34.8 Å². The summed E-state index contributed by atoms with van der Waals surface area (Å²) >= 11 is 7.26. The molecule has 0 aliphatic rings. The Morgan fingerprint density at radius 1 is 1.04 bits per heavy atom. The molecule has 8 heteroatoms. The summed E-state index contributed by atoms with van der Waals surface area (Å²) in [4.78, 5) is 23.2. The third-order valence-corrected chi connectivity index (χ3v) is 4.15. The van der Waals surface area contributed by atoms with E-state index < -0.39 is 0 Å². The Labute approximate surface area is 164 Å². The average molecular weight is 469 g/mol. The number of hydrogen-bond donors (Lipinski definition) is 3. The van der Waals surface area contributed by atoms with Gasteiger partial charge >= 0.3 is 0 Å². The Hall–Kier alpha value is -2.20. The molecular weight excluding hydrogens is 453 g/mol. The van der Waals surface area contributed by atoms with Crippen LogP contribution in [0.15, 0.2) is 42.5 Å². The van der Waals surface area contributed by atoms with E-state index in [9.17, 15) is 9.59 Å². The molecule has 0 fully saturated rings. The Bertz CT molecular complexity index is 809. The van der Waals surface area contributed by atoms with E-state index in [0.29, 0.717) is 22.7 Å². The van der Waals surface area contributed by atoms with Crippen molar-refractivity contribution in [1.82, 2.24) is 5.32 Å². The van der Waals surface area contributed by atoms with E-state index in [0.717, 1.165) is 3.57 Å². The van der Waals surface area contributed by atoms with E-state index in [1.807, 2.05) is 0 Å². The lowest BCUT2D eigenvalue weighted by Gasteiger charge is -2.11. The first kappa shape index (κ1) is 19.1. The minimum absolute atomic E-state index is 0.141. The molecule has 0 atom stereocenters. The average Bonchev–Trinajstić information content (AvgIpc) is 2.56. The van der Waals surface area contributed by atoms with E-state index in [4.69, 9.17) is 17.0 Å². The largest absolute Gasteiger partial charge is 0.496 e. The molecule has 0 aliphatic heterocycles. The van der Waals surface area contributed by atoms with Crippen molar-refractivity contribution in [2.24, 2.45) is 0 Å². The summed E-state index contributed by atoms with van der Waals surface area (Å²) in [7, 11) is 1.58. The molecule has 2 rings (SSSR count). The molecule has 2 aromatic rings. The predicted octanol–water partition coefficient (Wildman–Crippen LogP) is 3.39. The number of ether oxygens (including phenoxy) is 1. The number of rotatable bonds is 4. The highest BCUT2D eigenvalue weighted by molar-refractivity contribution is 14.1. The number of halogens is 1. The molecule has 0 bridgehead atoms. The Balaban J connectivity index is 1.96. The lowest BCUT2D eigenvalue weighted by atomic mass is 10.2. The zero-order valence-electron chi connectivity index (χ0n) is 13.6. The molecule has 6 nitrogen and oxygen atoms in total. The van der Waals surface area contributed by atoms with Gasteiger partial charge in [-0.1, -0.05) is 0 Å². The molecule has 0 heterocycles. The summed E-state index contributed by atoms with van der Waals surface area (Å²) in [5.41, 5.74) is 1.86. The SMILES string of the molecule is COc1ccc(C(=O)NC(=S)Nc2ccc(NC(C)=O)cc2)cc1I. The van der Waals surface area contributed by atoms with Gasteiger partial charge in [-0.3, -0.25) is 14.9 Å². The van der Waals surface area contributed by atoms with Crippen LogP contribution in [0.25, 0.3) is 0 Å². The Kier molecular flexibility index (Phi) is 6.71. The number of anilines is 2. The van der Waals surface area contributed by atoms with Crippen LogP contribution in [0.3, 0.4) is 0 Å². The van der Waals surface area contributed by atoms with Crippen molar-refractivity contribution < 1.29 is 14.3 Å². The van der Waals surface area contributed by atoms with Gasteiger partial charge in [-0.05, 0) is 77.3 Å². The molecule has 3 N–H and O–H groups in total. The zero-order chi connectivity index (χ0) is 18.4. The number of methoxy groups -OCH3 is 1. The van der Waals surface area contributed by atoms with Crippen LogP contribution in [0.5, 0.6) is 5.75 Å². The summed E-state index contributed by atoms with van der Waals surface area (Å²) in [5.74, 6) is 0.252. The zero-order valence-corrected chi connectivity index (χ0v) is 16.5. The van der Waals surface area contributed by atoms with Crippen LogP contribution in [0.2, 0.25) is 0 Å². The molecule has 0 radical (unpaired) electrons. The second kappa shape index (κ2) is 8.77. The van der Waals surface area contributed by atoms with Crippen molar-refractivity contribution in [3.8, 4) is 5.75 Å². The molecule has 2 aromatic carbocycles. The van der Waals surface area contributed by atoms with E-state index >= 15 is 0 Å². The predicted molar refractivity (Wildman–Crippen MR) is 110 cm³/mol. The summed E-state index contributed by atoms with van der Waals surface area (Å²) in [5, 5.41) is 8.40. The molecular formula is C17H16IN3O3S. The van der Waals surface area contributed by atoms with E-state index in [-0.39, 0.29) is 16.9 Å². The maximum atomic E-state index is 12.2. The lowest BCUT2D eigenvalue weighted by Crippen LogP contribution is -2.34. The molecule has 0 spiro atoms. The van der Waals surface area contributed by atoms with Crippen molar-refractivity contribution in [1.29, 1.82) is 0 Å². The third kappa shape index (κ3) is 5.68. The van der Waals surface area contributed by atoms with Gasteiger partial charge in [-0.25, -0.2) is 0 Å². The molecule has 0 saturated heterocycles. The molecule has 130 valence electrons. The van der Waals surface area contributed by atoms with Crippen LogP contribution in [0.1, 0.15) is 17.3 Å². The minimum atomic E-state index is -0.312. The molecule has 0 aromatic heterocycles. The van der Waals surface area contributed by atoms with Crippen LogP contribution < -0.4 is 20.7 Å². The van der Waals surface area contributed by atoms with Crippen molar-refractivity contribution >= 4 is 63.1 Å². The van der Waals surface area contributed by atoms with Crippen molar-refractivity contribution in [3.63, 3.8) is 0 Å². The fraction of sp³-hybridized carbons (Fsp3) is 0.118. The highest BCUT2D eigenvalue weighted by atomic mass is 127. The maximum absolute atomic E-state index is 12.2. The summed E-state index contributed by atoms with van der Waals surface area (Å²) in [6, 6.07) is 12.1. The first-order valence-corrected chi connectivity index (χ1v) is 8.71. The first-order chi connectivity index (χ1) is 11.9. The van der Waals surface area contributed by atoms with Gasteiger partial charge in [-0.15, -0.1) is 0 Å². The normalized spacial score (nSPS) is 9.88. The third-order valence-electron chi connectivity index (χ3n) is 3.10. The minimum Gasteiger partial charge on any atom is -0.496 e. The fourth-order valence-electron chi connectivity index (χ4n) is 1.99. The highest BCUT2D eigenvalue weighted by Gasteiger charge is 2.10. The van der Waals surface area contributed by atoms with E-state index in [1.54, 1.807) is 49.6 Å². The van der Waals surface area contributed by atoms with Crippen molar-refractivity contribution in [2.75, 3.05) is 17.7 Å². The van der Waals surface area contributed by atoms with Gasteiger partial charge in [-0.2, -0.15) is 0 Å². The van der Waals surface area contributed by atoms with Gasteiger partial charge in [0, 0.05) is 23.9 Å². The van der Waals surface area contributed by atoms with Crippen LogP contribution in [-0.2, 0) is 4.79 Å². The molecule has 0 unspecified atom stereocenters. The van der Waals surface area contributed by atoms with Gasteiger partial charge in [0.1, 0.15) is 5.75 Å². The topological polar surface area (TPSA) is 79.5 Å². The van der Waals surface area contributed by atoms with E-state index in [2.05, 4.69) is 38.5 Å². The second-order valence-corrected chi connectivity index (χ2v) is 6.59. The highest BCUT2D eigenvalue weighted by Crippen LogP contribution is 2.21. The molecule has 2 amide bonds. The van der Waals surface area contributed by atoms with Crippen LogP contribution in [0.4, 0.5) is 11.4 Å². The molecule has 0 saturated carbocycles. The second-order valence-electron chi connectivity index (χ2n) is 5.02. The number of nitrogens with one attached hydrogen (secondary N) is 3. The fourth-order valence-corrected chi connectivity index (χ4v) is 2.93. The Morgan fingerprint density at radius 3 is 2.16 bits per heavy atom. The standard InChI is InChI=1S/C17H16IN3O3S/c1-10(22)19-12-4-6-13(7-5-12)20-17(25)21-16(23)11-3-8-15(24-2)14(18)9-11/h3-9H,1-2H3,(H,19,22)(H2,20,21,23,25). The number of amides is 2. The number of carbonyl (C=O) groups excluding carboxylic acids is 2. The number of carbonyl (C=O) groups is 2. The number of benzene rings is 2. The van der Waals surface area contributed by atoms with Gasteiger partial charge in [0.15, 0.2) is 5.11 Å². The molecule has 25 heavy (non-hydrogen) atoms. The smallest absolute Gasteiger partial charge is 0.257 e. The van der Waals surface area contributed by atoms with Crippen LogP contribution in [-0.4, -0.2) is 24.0 Å². The quantitative estimate of drug-likeness (QED) is 0.473. The summed E-state index contributed by atoms with van der Waals surface area (Å²) in [6.07, 6.45) is 0. The monoisotopic (exact) mass is 469 g/mol. The Morgan fingerprint density at radius 2 is 1.64 bits per heavy atom. The summed E-state index contributed by atoms with van der Waals surface area (Å²) in [6.45, 7) is 1.44.